The summed E-state index contributed by atoms with van der Waals surface area (Å²) in [6.45, 7) is 2.49. The number of nitrogens with zero attached hydrogens (tertiary/aromatic N) is 2. The van der Waals surface area contributed by atoms with Gasteiger partial charge in [-0.2, -0.15) is 0 Å². The number of aliphatic imine (C=N–C) groups is 1. The maximum Gasteiger partial charge on any atom is 0.371 e. The van der Waals surface area contributed by atoms with Crippen LogP contribution in [0.1, 0.15) is 27.4 Å². The SMILES string of the molecule is Cc1cccc(N=Cc2cn(Cc3ccc(C(=O)O)o3)c3ccccc23)c1. The molecule has 4 rings (SSSR count). The Morgan fingerprint density at radius 3 is 2.78 bits per heavy atom. The fraction of sp³-hybridized carbons (Fsp3) is 0.0909. The molecule has 0 bridgehead atoms. The molecule has 0 aliphatic carbocycles. The van der Waals surface area contributed by atoms with Crippen LogP contribution in [0.3, 0.4) is 0 Å². The highest BCUT2D eigenvalue weighted by Gasteiger charge is 2.12. The van der Waals surface area contributed by atoms with Crippen molar-refractivity contribution in [2.24, 2.45) is 4.99 Å². The number of hydrogen-bond donors (Lipinski definition) is 1. The number of carbonyl (C=O) groups is 1. The van der Waals surface area contributed by atoms with E-state index >= 15 is 0 Å². The van der Waals surface area contributed by atoms with Crippen LogP contribution in [0.2, 0.25) is 0 Å². The van der Waals surface area contributed by atoms with Crippen LogP contribution in [-0.4, -0.2) is 21.9 Å². The van der Waals surface area contributed by atoms with Crippen LogP contribution >= 0.6 is 0 Å². The molecule has 0 amide bonds. The van der Waals surface area contributed by atoms with Crippen molar-refractivity contribution in [1.29, 1.82) is 0 Å². The largest absolute Gasteiger partial charge is 0.475 e. The lowest BCUT2D eigenvalue weighted by Crippen LogP contribution is -1.97. The summed E-state index contributed by atoms with van der Waals surface area (Å²) in [5.41, 5.74) is 4.11. The van der Waals surface area contributed by atoms with E-state index in [1.54, 1.807) is 6.07 Å². The van der Waals surface area contributed by atoms with Gasteiger partial charge >= 0.3 is 5.97 Å². The number of rotatable bonds is 5. The van der Waals surface area contributed by atoms with Gasteiger partial charge in [0.15, 0.2) is 0 Å². The molecule has 2 aromatic heterocycles. The Hall–Kier alpha value is -3.60. The Bertz CT molecular complexity index is 1150. The molecule has 0 spiro atoms. The first kappa shape index (κ1) is 16.8. The molecule has 2 aromatic carbocycles. The Morgan fingerprint density at radius 1 is 1.15 bits per heavy atom. The monoisotopic (exact) mass is 358 g/mol. The minimum absolute atomic E-state index is 0.0531. The Labute approximate surface area is 156 Å². The standard InChI is InChI=1S/C22H18N2O3/c1-15-5-4-6-17(11-15)23-12-16-13-24(20-8-3-2-7-19(16)20)14-18-9-10-21(27-18)22(25)26/h2-13H,14H2,1H3,(H,25,26). The number of benzene rings is 2. The first-order valence-corrected chi connectivity index (χ1v) is 8.61. The third-order valence-electron chi connectivity index (χ3n) is 4.37. The molecule has 0 unspecified atom stereocenters. The molecule has 4 aromatic rings. The topological polar surface area (TPSA) is 67.7 Å². The lowest BCUT2D eigenvalue weighted by Gasteiger charge is -2.02. The molecule has 0 atom stereocenters. The highest BCUT2D eigenvalue weighted by atomic mass is 16.4. The van der Waals surface area contributed by atoms with E-state index in [2.05, 4.69) is 4.99 Å². The molecule has 0 aliphatic heterocycles. The predicted molar refractivity (Wildman–Crippen MR) is 105 cm³/mol. The van der Waals surface area contributed by atoms with Gasteiger partial charge in [0, 0.05) is 28.9 Å². The van der Waals surface area contributed by atoms with Crippen molar-refractivity contribution in [2.45, 2.75) is 13.5 Å². The van der Waals surface area contributed by atoms with Gasteiger partial charge in [-0.3, -0.25) is 4.99 Å². The maximum atomic E-state index is 11.0. The average molecular weight is 358 g/mol. The van der Waals surface area contributed by atoms with Gasteiger partial charge < -0.3 is 14.1 Å². The molecule has 0 fully saturated rings. The number of hydrogen-bond acceptors (Lipinski definition) is 3. The molecule has 0 saturated carbocycles. The van der Waals surface area contributed by atoms with Crippen molar-refractivity contribution in [3.63, 3.8) is 0 Å². The average Bonchev–Trinajstić information content (AvgIpc) is 3.26. The third kappa shape index (κ3) is 3.53. The zero-order chi connectivity index (χ0) is 18.8. The first-order valence-electron chi connectivity index (χ1n) is 8.61. The van der Waals surface area contributed by atoms with Crippen LogP contribution in [-0.2, 0) is 6.54 Å². The second-order valence-electron chi connectivity index (χ2n) is 6.40. The Kier molecular flexibility index (Phi) is 4.34. The third-order valence-corrected chi connectivity index (χ3v) is 4.37. The zero-order valence-electron chi connectivity index (χ0n) is 14.8. The molecule has 1 N–H and O–H groups in total. The smallest absolute Gasteiger partial charge is 0.371 e. The maximum absolute atomic E-state index is 11.0. The second-order valence-corrected chi connectivity index (χ2v) is 6.40. The molecule has 0 saturated heterocycles. The number of carboxylic acids is 1. The van der Waals surface area contributed by atoms with Crippen LogP contribution in [0.25, 0.3) is 10.9 Å². The van der Waals surface area contributed by atoms with Crippen LogP contribution in [0.5, 0.6) is 0 Å². The highest BCUT2D eigenvalue weighted by Crippen LogP contribution is 2.23. The number of aromatic nitrogens is 1. The summed E-state index contributed by atoms with van der Waals surface area (Å²) >= 11 is 0. The molecule has 27 heavy (non-hydrogen) atoms. The summed E-state index contributed by atoms with van der Waals surface area (Å²) < 4.78 is 7.43. The molecule has 0 radical (unpaired) electrons. The summed E-state index contributed by atoms with van der Waals surface area (Å²) in [6.07, 6.45) is 3.87. The van der Waals surface area contributed by atoms with Gasteiger partial charge in [0.25, 0.3) is 0 Å². The molecule has 134 valence electrons. The molecule has 0 aliphatic rings. The molecule has 5 heteroatoms. The fourth-order valence-corrected chi connectivity index (χ4v) is 3.11. The molecular weight excluding hydrogens is 340 g/mol. The Morgan fingerprint density at radius 2 is 2.00 bits per heavy atom. The van der Waals surface area contributed by atoms with Crippen molar-refractivity contribution in [3.05, 3.63) is 89.5 Å². The van der Waals surface area contributed by atoms with E-state index in [9.17, 15) is 4.79 Å². The van der Waals surface area contributed by atoms with Crippen molar-refractivity contribution in [2.75, 3.05) is 0 Å². The zero-order valence-corrected chi connectivity index (χ0v) is 14.8. The fourth-order valence-electron chi connectivity index (χ4n) is 3.11. The van der Waals surface area contributed by atoms with Crippen LogP contribution < -0.4 is 0 Å². The molecule has 2 heterocycles. The van der Waals surface area contributed by atoms with Gasteiger partial charge in [-0.15, -0.1) is 0 Å². The first-order chi connectivity index (χ1) is 13.1. The van der Waals surface area contributed by atoms with E-state index in [1.165, 1.54) is 11.6 Å². The van der Waals surface area contributed by atoms with E-state index in [0.717, 1.165) is 22.2 Å². The summed E-state index contributed by atoms with van der Waals surface area (Å²) in [6, 6.07) is 19.3. The predicted octanol–water partition coefficient (Wildman–Crippen LogP) is 5.04. The van der Waals surface area contributed by atoms with Crippen molar-refractivity contribution in [3.8, 4) is 0 Å². The van der Waals surface area contributed by atoms with Crippen molar-refractivity contribution in [1.82, 2.24) is 4.57 Å². The number of aromatic carboxylic acids is 1. The van der Waals surface area contributed by atoms with E-state index in [-0.39, 0.29) is 5.76 Å². The summed E-state index contributed by atoms with van der Waals surface area (Å²) in [4.78, 5) is 15.6. The normalized spacial score (nSPS) is 11.4. The number of carboxylic acid groups (broad SMARTS) is 1. The van der Waals surface area contributed by atoms with Gasteiger partial charge in [0.2, 0.25) is 5.76 Å². The van der Waals surface area contributed by atoms with Crippen molar-refractivity contribution < 1.29 is 14.3 Å². The van der Waals surface area contributed by atoms with E-state index in [4.69, 9.17) is 9.52 Å². The van der Waals surface area contributed by atoms with Crippen molar-refractivity contribution >= 4 is 28.8 Å². The van der Waals surface area contributed by atoms with Crippen LogP contribution in [0.4, 0.5) is 5.69 Å². The van der Waals surface area contributed by atoms with Crippen LogP contribution in [0, 0.1) is 6.92 Å². The van der Waals surface area contributed by atoms with Gasteiger partial charge in [-0.25, -0.2) is 4.79 Å². The summed E-state index contributed by atoms with van der Waals surface area (Å²) in [5, 5.41) is 10.1. The van der Waals surface area contributed by atoms with Crippen LogP contribution in [0.15, 0.2) is 76.3 Å². The van der Waals surface area contributed by atoms with Gasteiger partial charge in [-0.1, -0.05) is 30.3 Å². The lowest BCUT2D eigenvalue weighted by atomic mass is 10.2. The number of furan rings is 1. The van der Waals surface area contributed by atoms with E-state index in [1.807, 2.05) is 72.4 Å². The van der Waals surface area contributed by atoms with Gasteiger partial charge in [-0.05, 0) is 42.8 Å². The number of para-hydroxylation sites is 1. The van der Waals surface area contributed by atoms with E-state index < -0.39 is 5.97 Å². The Balaban J connectivity index is 1.69. The lowest BCUT2D eigenvalue weighted by molar-refractivity contribution is 0.0660. The highest BCUT2D eigenvalue weighted by molar-refractivity contribution is 6.00. The minimum atomic E-state index is -1.07. The quantitative estimate of drug-likeness (QED) is 0.508. The molecule has 5 nitrogen and oxygen atoms in total. The number of aryl methyl sites for hydroxylation is 1. The summed E-state index contributed by atoms with van der Waals surface area (Å²) in [7, 11) is 0. The minimum Gasteiger partial charge on any atom is -0.475 e. The van der Waals surface area contributed by atoms with Gasteiger partial charge in [0.05, 0.1) is 12.2 Å². The molecular formula is C22H18N2O3. The van der Waals surface area contributed by atoms with E-state index in [0.29, 0.717) is 12.3 Å². The summed E-state index contributed by atoms with van der Waals surface area (Å²) in [5.74, 6) is -0.525. The van der Waals surface area contributed by atoms with Gasteiger partial charge in [0.1, 0.15) is 5.76 Å². The second kappa shape index (κ2) is 6.96. The number of fused-ring (bicyclic) bond motifs is 1.